The summed E-state index contributed by atoms with van der Waals surface area (Å²) >= 11 is 0. The average molecular weight is 176 g/mol. The highest BCUT2D eigenvalue weighted by Crippen LogP contribution is 2.29. The largest absolute Gasteiger partial charge is 0.396 e. The summed E-state index contributed by atoms with van der Waals surface area (Å²) in [6.45, 7) is -0.354. The maximum absolute atomic E-state index is 9.41. The van der Waals surface area contributed by atoms with E-state index >= 15 is 0 Å². The summed E-state index contributed by atoms with van der Waals surface area (Å²) in [5.74, 6) is -0.752. The molecule has 0 unspecified atom stereocenters. The molecule has 0 radical (unpaired) electrons. The summed E-state index contributed by atoms with van der Waals surface area (Å²) in [5, 5.41) is 36.6. The third kappa shape index (κ3) is 1.77. The van der Waals surface area contributed by atoms with Gasteiger partial charge in [0, 0.05) is 25.0 Å². The van der Waals surface area contributed by atoms with Gasteiger partial charge >= 0.3 is 0 Å². The molecule has 0 aromatic heterocycles. The Balaban J connectivity index is 2.61. The summed E-state index contributed by atoms with van der Waals surface area (Å²) in [4.78, 5) is 0. The van der Waals surface area contributed by atoms with Gasteiger partial charge in [-0.05, 0) is 12.8 Å². The number of rotatable bonds is 2. The highest BCUT2D eigenvalue weighted by atomic mass is 16.3. The third-order valence-corrected chi connectivity index (χ3v) is 2.72. The van der Waals surface area contributed by atoms with Gasteiger partial charge in [0.15, 0.2) is 0 Å². The molecule has 4 heteroatoms. The zero-order valence-electron chi connectivity index (χ0n) is 6.93. The zero-order chi connectivity index (χ0) is 9.14. The Bertz CT molecular complexity index is 123. The van der Waals surface area contributed by atoms with Crippen LogP contribution in [-0.2, 0) is 0 Å². The molecule has 1 aliphatic carbocycles. The second-order valence-electron chi connectivity index (χ2n) is 3.40. The van der Waals surface area contributed by atoms with Gasteiger partial charge in [-0.1, -0.05) is 0 Å². The molecule has 0 amide bonds. The Kier molecular flexibility index (Phi) is 3.46. The highest BCUT2D eigenvalue weighted by molar-refractivity contribution is 4.86. The fraction of sp³-hybridized carbons (Fsp3) is 1.00. The molecule has 0 spiro atoms. The number of hydrogen-bond acceptors (Lipinski definition) is 4. The number of aliphatic hydroxyl groups is 4. The van der Waals surface area contributed by atoms with E-state index in [9.17, 15) is 10.2 Å². The molecule has 1 aliphatic rings. The van der Waals surface area contributed by atoms with Crippen molar-refractivity contribution in [3.05, 3.63) is 0 Å². The van der Waals surface area contributed by atoms with Gasteiger partial charge in [0.1, 0.15) is 0 Å². The molecule has 1 rings (SSSR count). The summed E-state index contributed by atoms with van der Waals surface area (Å²) in [6.07, 6.45) is -0.169. The first-order valence-corrected chi connectivity index (χ1v) is 4.28. The lowest BCUT2D eigenvalue weighted by Crippen LogP contribution is -2.44. The minimum Gasteiger partial charge on any atom is -0.396 e. The SMILES string of the molecule is OC[C@H]1[C@H](CO)[C@@H](O)CC[C@H]1O. The molecule has 0 aliphatic heterocycles. The van der Waals surface area contributed by atoms with Crippen LogP contribution in [0.5, 0.6) is 0 Å². The molecule has 12 heavy (non-hydrogen) atoms. The van der Waals surface area contributed by atoms with Crippen LogP contribution in [0, 0.1) is 11.8 Å². The maximum Gasteiger partial charge on any atom is 0.0595 e. The predicted octanol–water partition coefficient (Wildman–Crippen LogP) is -1.28. The van der Waals surface area contributed by atoms with Gasteiger partial charge in [-0.2, -0.15) is 0 Å². The molecule has 4 atom stereocenters. The van der Waals surface area contributed by atoms with Crippen molar-refractivity contribution in [1.82, 2.24) is 0 Å². The summed E-state index contributed by atoms with van der Waals surface area (Å²) in [6, 6.07) is 0. The molecule has 72 valence electrons. The van der Waals surface area contributed by atoms with Crippen molar-refractivity contribution < 1.29 is 20.4 Å². The van der Waals surface area contributed by atoms with Gasteiger partial charge in [-0.15, -0.1) is 0 Å². The standard InChI is InChI=1S/C8H16O4/c9-3-5-6(4-10)8(12)2-1-7(5)11/h5-12H,1-4H2/t5-,6-,7-,8+/m0/s1. The quantitative estimate of drug-likeness (QED) is 0.422. The van der Waals surface area contributed by atoms with Crippen molar-refractivity contribution in [3.63, 3.8) is 0 Å². The van der Waals surface area contributed by atoms with Gasteiger partial charge in [0.05, 0.1) is 12.2 Å². The summed E-state index contributed by atoms with van der Waals surface area (Å²) < 4.78 is 0. The second-order valence-corrected chi connectivity index (χ2v) is 3.40. The molecular formula is C8H16O4. The van der Waals surface area contributed by atoms with E-state index in [1.165, 1.54) is 0 Å². The van der Waals surface area contributed by atoms with Crippen molar-refractivity contribution in [2.24, 2.45) is 11.8 Å². The van der Waals surface area contributed by atoms with Crippen molar-refractivity contribution in [2.75, 3.05) is 13.2 Å². The molecular weight excluding hydrogens is 160 g/mol. The van der Waals surface area contributed by atoms with Crippen molar-refractivity contribution in [2.45, 2.75) is 25.0 Å². The fourth-order valence-corrected chi connectivity index (χ4v) is 1.85. The minimum atomic E-state index is -0.587. The lowest BCUT2D eigenvalue weighted by molar-refractivity contribution is -0.0786. The van der Waals surface area contributed by atoms with Gasteiger partial charge in [-0.3, -0.25) is 0 Å². The minimum absolute atomic E-state index is 0.177. The molecule has 4 N–H and O–H groups in total. The van der Waals surface area contributed by atoms with E-state index < -0.39 is 12.2 Å². The molecule has 4 nitrogen and oxygen atoms in total. The molecule has 0 heterocycles. The molecule has 1 fully saturated rings. The van der Waals surface area contributed by atoms with Gasteiger partial charge in [-0.25, -0.2) is 0 Å². The second kappa shape index (κ2) is 4.18. The lowest BCUT2D eigenvalue weighted by atomic mass is 9.76. The van der Waals surface area contributed by atoms with E-state index in [4.69, 9.17) is 10.2 Å². The van der Waals surface area contributed by atoms with Crippen LogP contribution in [0.3, 0.4) is 0 Å². The van der Waals surface area contributed by atoms with Gasteiger partial charge in [0.25, 0.3) is 0 Å². The Labute approximate surface area is 71.5 Å². The fourth-order valence-electron chi connectivity index (χ4n) is 1.85. The van der Waals surface area contributed by atoms with Gasteiger partial charge < -0.3 is 20.4 Å². The van der Waals surface area contributed by atoms with E-state index in [2.05, 4.69) is 0 Å². The van der Waals surface area contributed by atoms with Crippen molar-refractivity contribution in [1.29, 1.82) is 0 Å². The Morgan fingerprint density at radius 2 is 1.17 bits per heavy atom. The van der Waals surface area contributed by atoms with Gasteiger partial charge in [0.2, 0.25) is 0 Å². The zero-order valence-corrected chi connectivity index (χ0v) is 6.93. The van der Waals surface area contributed by atoms with Crippen LogP contribution >= 0.6 is 0 Å². The number of hydrogen-bond donors (Lipinski definition) is 4. The highest BCUT2D eigenvalue weighted by Gasteiger charge is 2.36. The van der Waals surface area contributed by atoms with Crippen molar-refractivity contribution >= 4 is 0 Å². The normalized spacial score (nSPS) is 43.0. The van der Waals surface area contributed by atoms with Crippen LogP contribution in [-0.4, -0.2) is 45.8 Å². The van der Waals surface area contributed by atoms with Crippen molar-refractivity contribution in [3.8, 4) is 0 Å². The van der Waals surface area contributed by atoms with E-state index in [1.807, 2.05) is 0 Å². The van der Waals surface area contributed by atoms with E-state index in [0.29, 0.717) is 12.8 Å². The Morgan fingerprint density at radius 1 is 0.833 bits per heavy atom. The molecule has 0 aromatic rings. The topological polar surface area (TPSA) is 80.9 Å². The number of aliphatic hydroxyl groups excluding tert-OH is 4. The van der Waals surface area contributed by atoms with Crippen LogP contribution in [0.15, 0.2) is 0 Å². The van der Waals surface area contributed by atoms with E-state index in [-0.39, 0.29) is 25.0 Å². The van der Waals surface area contributed by atoms with E-state index in [1.54, 1.807) is 0 Å². The first kappa shape index (κ1) is 9.92. The average Bonchev–Trinajstić information content (AvgIpc) is 2.08. The molecule has 0 saturated heterocycles. The maximum atomic E-state index is 9.41. The summed E-state index contributed by atoms with van der Waals surface area (Å²) in [5.41, 5.74) is 0. The molecule has 1 saturated carbocycles. The van der Waals surface area contributed by atoms with Crippen LogP contribution in [0.25, 0.3) is 0 Å². The Morgan fingerprint density at radius 3 is 1.42 bits per heavy atom. The van der Waals surface area contributed by atoms with Crippen LogP contribution in [0.4, 0.5) is 0 Å². The Hall–Kier alpha value is -0.160. The van der Waals surface area contributed by atoms with Crippen LogP contribution in [0.1, 0.15) is 12.8 Å². The smallest absolute Gasteiger partial charge is 0.0595 e. The lowest BCUT2D eigenvalue weighted by Gasteiger charge is -2.36. The first-order chi connectivity index (χ1) is 5.70. The van der Waals surface area contributed by atoms with Crippen LogP contribution < -0.4 is 0 Å². The molecule has 0 aromatic carbocycles. The first-order valence-electron chi connectivity index (χ1n) is 4.28. The van der Waals surface area contributed by atoms with E-state index in [0.717, 1.165) is 0 Å². The third-order valence-electron chi connectivity index (χ3n) is 2.72. The van der Waals surface area contributed by atoms with Crippen LogP contribution in [0.2, 0.25) is 0 Å². The predicted molar refractivity (Wildman–Crippen MR) is 42.4 cm³/mol. The summed E-state index contributed by atoms with van der Waals surface area (Å²) in [7, 11) is 0. The monoisotopic (exact) mass is 176 g/mol. The molecule has 0 bridgehead atoms.